The lowest BCUT2D eigenvalue weighted by Crippen LogP contribution is -2.35. The van der Waals surface area contributed by atoms with Gasteiger partial charge in [0.05, 0.1) is 11.9 Å². The molecule has 1 saturated heterocycles. The smallest absolute Gasteiger partial charge is 0.211 e. The van der Waals surface area contributed by atoms with Crippen LogP contribution in [0.15, 0.2) is 6.33 Å². The van der Waals surface area contributed by atoms with Crippen LogP contribution < -0.4 is 10.2 Å². The van der Waals surface area contributed by atoms with E-state index in [4.69, 9.17) is 0 Å². The summed E-state index contributed by atoms with van der Waals surface area (Å²) in [4.78, 5) is 11.2. The largest absolute Gasteiger partial charge is 0.355 e. The van der Waals surface area contributed by atoms with Crippen LogP contribution >= 0.6 is 24.8 Å². The average Bonchev–Trinajstić information content (AvgIpc) is 2.86. The zero-order valence-electron chi connectivity index (χ0n) is 13.8. The zero-order valence-corrected chi connectivity index (χ0v) is 16.2. The summed E-state index contributed by atoms with van der Waals surface area (Å²) in [6.45, 7) is 4.52. The summed E-state index contributed by atoms with van der Waals surface area (Å²) in [6, 6.07) is 0. The third-order valence-corrected chi connectivity index (χ3v) is 5.63. The fourth-order valence-electron chi connectivity index (χ4n) is 3.16. The Kier molecular flexibility index (Phi) is 8.14. The van der Waals surface area contributed by atoms with Crippen LogP contribution in [0.2, 0.25) is 0 Å². The van der Waals surface area contributed by atoms with E-state index in [1.165, 1.54) is 11.8 Å². The maximum absolute atomic E-state index is 11.7. The van der Waals surface area contributed by atoms with E-state index in [0.717, 1.165) is 50.4 Å². The first-order chi connectivity index (χ1) is 10.6. The van der Waals surface area contributed by atoms with Gasteiger partial charge in [0.2, 0.25) is 10.0 Å². The third-order valence-electron chi connectivity index (χ3n) is 4.33. The lowest BCUT2D eigenvalue weighted by molar-refractivity contribution is 0.437. The standard InChI is InChI=1S/C14H23N5O2S.2ClH/c1-22(20,21)19-8-2-7-18(9-10-19)14-12-3-5-15-6-4-13(12)16-11-17-14;;/h11,15H,2-10H2,1H3;2*1H. The van der Waals surface area contributed by atoms with Gasteiger partial charge in [-0.2, -0.15) is 0 Å². The molecule has 2 aliphatic heterocycles. The summed E-state index contributed by atoms with van der Waals surface area (Å²) in [5, 5.41) is 3.39. The molecular formula is C14H25Cl2N5O2S. The van der Waals surface area contributed by atoms with Crippen LogP contribution in [-0.2, 0) is 22.9 Å². The molecule has 0 amide bonds. The van der Waals surface area contributed by atoms with Crippen molar-refractivity contribution in [2.24, 2.45) is 0 Å². The van der Waals surface area contributed by atoms with Gasteiger partial charge in [-0.15, -0.1) is 24.8 Å². The van der Waals surface area contributed by atoms with Crippen molar-refractivity contribution in [3.05, 3.63) is 17.6 Å². The third kappa shape index (κ3) is 4.92. The Balaban J connectivity index is 0.00000144. The van der Waals surface area contributed by atoms with Crippen molar-refractivity contribution < 1.29 is 8.42 Å². The Bertz CT molecular complexity index is 644. The predicted octanol–water partition coefficient (Wildman–Crippen LogP) is 0.480. The van der Waals surface area contributed by atoms with Gasteiger partial charge >= 0.3 is 0 Å². The van der Waals surface area contributed by atoms with Crippen LogP contribution in [0.4, 0.5) is 5.82 Å². The van der Waals surface area contributed by atoms with E-state index in [1.807, 2.05) is 0 Å². The lowest BCUT2D eigenvalue weighted by atomic mass is 10.1. The molecule has 3 rings (SSSR count). The van der Waals surface area contributed by atoms with Crippen LogP contribution in [-0.4, -0.2) is 68.2 Å². The topological polar surface area (TPSA) is 78.4 Å². The molecule has 0 radical (unpaired) electrons. The summed E-state index contributed by atoms with van der Waals surface area (Å²) < 4.78 is 25.0. The molecule has 10 heteroatoms. The van der Waals surface area contributed by atoms with Gasteiger partial charge in [-0.3, -0.25) is 0 Å². The Hall–Kier alpha value is -0.670. The zero-order chi connectivity index (χ0) is 15.6. The van der Waals surface area contributed by atoms with Gasteiger partial charge in [-0.05, 0) is 19.4 Å². The van der Waals surface area contributed by atoms with Crippen molar-refractivity contribution in [3.63, 3.8) is 0 Å². The minimum absolute atomic E-state index is 0. The van der Waals surface area contributed by atoms with E-state index >= 15 is 0 Å². The number of sulfonamides is 1. The molecule has 0 aromatic carbocycles. The summed E-state index contributed by atoms with van der Waals surface area (Å²) in [5.41, 5.74) is 2.35. The van der Waals surface area contributed by atoms with Crippen molar-refractivity contribution in [2.45, 2.75) is 19.3 Å². The highest BCUT2D eigenvalue weighted by Gasteiger charge is 2.24. The van der Waals surface area contributed by atoms with E-state index in [-0.39, 0.29) is 24.8 Å². The second kappa shape index (κ2) is 9.15. The molecule has 7 nitrogen and oxygen atoms in total. The second-order valence-electron chi connectivity index (χ2n) is 5.88. The molecule has 2 aliphatic rings. The summed E-state index contributed by atoms with van der Waals surface area (Å²) in [5.74, 6) is 0.990. The van der Waals surface area contributed by atoms with Crippen LogP contribution in [0.3, 0.4) is 0 Å². The molecule has 0 atom stereocenters. The van der Waals surface area contributed by atoms with E-state index in [1.54, 1.807) is 10.6 Å². The second-order valence-corrected chi connectivity index (χ2v) is 7.86. The summed E-state index contributed by atoms with van der Waals surface area (Å²) >= 11 is 0. The molecule has 1 N–H and O–H groups in total. The average molecular weight is 398 g/mol. The molecule has 1 aromatic rings. The molecule has 24 heavy (non-hydrogen) atoms. The van der Waals surface area contributed by atoms with Gasteiger partial charge in [0.15, 0.2) is 0 Å². The van der Waals surface area contributed by atoms with Crippen LogP contribution in [0.25, 0.3) is 0 Å². The number of nitrogens with one attached hydrogen (secondary N) is 1. The number of hydrogen-bond donors (Lipinski definition) is 1. The first-order valence-corrected chi connectivity index (χ1v) is 9.64. The molecule has 0 saturated carbocycles. The fraction of sp³-hybridized carbons (Fsp3) is 0.714. The summed E-state index contributed by atoms with van der Waals surface area (Å²) in [7, 11) is -3.11. The number of anilines is 1. The highest BCUT2D eigenvalue weighted by atomic mass is 35.5. The van der Waals surface area contributed by atoms with Gasteiger partial charge in [0.1, 0.15) is 12.1 Å². The van der Waals surface area contributed by atoms with Crippen molar-refractivity contribution in [1.82, 2.24) is 19.6 Å². The molecule has 1 aromatic heterocycles. The molecular weight excluding hydrogens is 373 g/mol. The highest BCUT2D eigenvalue weighted by molar-refractivity contribution is 7.88. The molecule has 0 aliphatic carbocycles. The minimum atomic E-state index is -3.11. The molecule has 138 valence electrons. The SMILES string of the molecule is CS(=O)(=O)N1CCCN(c2ncnc3c2CCNCC3)CC1.Cl.Cl. The number of nitrogens with zero attached hydrogens (tertiary/aromatic N) is 4. The Morgan fingerprint density at radius 1 is 1.04 bits per heavy atom. The number of rotatable bonds is 2. The molecule has 3 heterocycles. The maximum Gasteiger partial charge on any atom is 0.211 e. The van der Waals surface area contributed by atoms with Crippen molar-refractivity contribution in [3.8, 4) is 0 Å². The molecule has 0 spiro atoms. The number of fused-ring (bicyclic) bond motifs is 1. The highest BCUT2D eigenvalue weighted by Crippen LogP contribution is 2.23. The van der Waals surface area contributed by atoms with Crippen molar-refractivity contribution >= 4 is 40.7 Å². The number of aromatic nitrogens is 2. The molecule has 1 fully saturated rings. The van der Waals surface area contributed by atoms with E-state index in [9.17, 15) is 8.42 Å². The normalized spacial score (nSPS) is 19.3. The van der Waals surface area contributed by atoms with E-state index in [0.29, 0.717) is 19.6 Å². The monoisotopic (exact) mass is 397 g/mol. The van der Waals surface area contributed by atoms with Gasteiger partial charge in [-0.1, -0.05) is 0 Å². The first-order valence-electron chi connectivity index (χ1n) is 7.79. The Labute approximate surface area is 156 Å². The van der Waals surface area contributed by atoms with Crippen molar-refractivity contribution in [2.75, 3.05) is 50.4 Å². The maximum atomic E-state index is 11.7. The molecule has 0 bridgehead atoms. The summed E-state index contributed by atoms with van der Waals surface area (Å²) in [6.07, 6.45) is 5.60. The lowest BCUT2D eigenvalue weighted by Gasteiger charge is -2.24. The molecule has 0 unspecified atom stereocenters. The van der Waals surface area contributed by atoms with Gasteiger partial charge < -0.3 is 10.2 Å². The quantitative estimate of drug-likeness (QED) is 0.781. The Morgan fingerprint density at radius 3 is 2.54 bits per heavy atom. The number of halogens is 2. The van der Waals surface area contributed by atoms with E-state index in [2.05, 4.69) is 20.2 Å². The fourth-order valence-corrected chi connectivity index (χ4v) is 4.04. The number of hydrogen-bond acceptors (Lipinski definition) is 6. The Morgan fingerprint density at radius 2 is 1.79 bits per heavy atom. The van der Waals surface area contributed by atoms with Crippen LogP contribution in [0, 0.1) is 0 Å². The van der Waals surface area contributed by atoms with E-state index < -0.39 is 10.0 Å². The minimum Gasteiger partial charge on any atom is -0.355 e. The van der Waals surface area contributed by atoms with Crippen molar-refractivity contribution in [1.29, 1.82) is 0 Å². The van der Waals surface area contributed by atoms with Crippen LogP contribution in [0.5, 0.6) is 0 Å². The van der Waals surface area contributed by atoms with Gasteiger partial charge in [0, 0.05) is 44.7 Å². The predicted molar refractivity (Wildman–Crippen MR) is 100 cm³/mol. The van der Waals surface area contributed by atoms with Crippen LogP contribution in [0.1, 0.15) is 17.7 Å². The van der Waals surface area contributed by atoms with Gasteiger partial charge in [-0.25, -0.2) is 22.7 Å². The van der Waals surface area contributed by atoms with Gasteiger partial charge in [0.25, 0.3) is 0 Å². The first kappa shape index (κ1) is 21.4.